The van der Waals surface area contributed by atoms with Gasteiger partial charge in [0.15, 0.2) is 0 Å². The van der Waals surface area contributed by atoms with Crippen molar-refractivity contribution in [2.75, 3.05) is 20.2 Å². The van der Waals surface area contributed by atoms with E-state index in [4.69, 9.17) is 21.6 Å². The minimum absolute atomic E-state index is 0.605. The molecule has 0 heterocycles. The first-order valence-corrected chi connectivity index (χ1v) is 6.06. The second-order valence-electron chi connectivity index (χ2n) is 3.72. The van der Waals surface area contributed by atoms with Gasteiger partial charge in [-0.2, -0.15) is 5.26 Å². The molecule has 0 aliphatic heterocycles. The molecule has 92 valence electrons. The fraction of sp³-hybridized carbons (Fsp3) is 0.462. The van der Waals surface area contributed by atoms with E-state index in [1.54, 1.807) is 7.11 Å². The number of hydrogen-bond acceptors (Lipinski definition) is 3. The lowest BCUT2D eigenvalue weighted by Crippen LogP contribution is -2.18. The van der Waals surface area contributed by atoms with Crippen molar-refractivity contribution in [2.24, 2.45) is 0 Å². The first kappa shape index (κ1) is 13.8. The number of nitrogens with zero attached hydrogens (tertiary/aromatic N) is 1. The first-order chi connectivity index (χ1) is 8.27. The van der Waals surface area contributed by atoms with Gasteiger partial charge in [0.1, 0.15) is 5.75 Å². The highest BCUT2D eigenvalue weighted by atomic mass is 35.5. The van der Waals surface area contributed by atoms with Gasteiger partial charge in [0.2, 0.25) is 0 Å². The third-order valence-electron chi connectivity index (χ3n) is 2.46. The van der Waals surface area contributed by atoms with E-state index in [1.165, 1.54) is 0 Å². The molecule has 0 atom stereocenters. The maximum absolute atomic E-state index is 8.39. The predicted molar refractivity (Wildman–Crippen MR) is 69.4 cm³/mol. The van der Waals surface area contributed by atoms with Crippen molar-refractivity contribution in [1.29, 1.82) is 5.26 Å². The molecule has 0 saturated heterocycles. The molecule has 0 radical (unpaired) electrons. The molecular formula is C13H17ClN2O. The summed E-state index contributed by atoms with van der Waals surface area (Å²) in [5, 5.41) is 12.4. The van der Waals surface area contributed by atoms with E-state index < -0.39 is 0 Å². The molecule has 0 aromatic heterocycles. The molecule has 0 spiro atoms. The van der Waals surface area contributed by atoms with Gasteiger partial charge in [-0.25, -0.2) is 0 Å². The zero-order chi connectivity index (χ0) is 12.5. The monoisotopic (exact) mass is 252 g/mol. The molecule has 0 fully saturated rings. The Kier molecular flexibility index (Phi) is 6.46. The first-order valence-electron chi connectivity index (χ1n) is 5.68. The lowest BCUT2D eigenvalue weighted by Gasteiger charge is -2.09. The van der Waals surface area contributed by atoms with Crippen LogP contribution in [-0.2, 0) is 6.42 Å². The van der Waals surface area contributed by atoms with Crippen molar-refractivity contribution in [1.82, 2.24) is 5.32 Å². The van der Waals surface area contributed by atoms with E-state index >= 15 is 0 Å². The second-order valence-corrected chi connectivity index (χ2v) is 4.15. The minimum atomic E-state index is 0.605. The fourth-order valence-corrected chi connectivity index (χ4v) is 1.78. The molecule has 0 saturated carbocycles. The predicted octanol–water partition coefficient (Wildman–Crippen LogP) is 2.78. The number of halogens is 1. The molecule has 1 rings (SSSR count). The Bertz CT molecular complexity index is 387. The van der Waals surface area contributed by atoms with Crippen molar-refractivity contribution in [2.45, 2.75) is 19.3 Å². The van der Waals surface area contributed by atoms with E-state index in [-0.39, 0.29) is 0 Å². The highest BCUT2D eigenvalue weighted by Crippen LogP contribution is 2.22. The van der Waals surface area contributed by atoms with E-state index in [2.05, 4.69) is 11.4 Å². The van der Waals surface area contributed by atoms with Crippen LogP contribution in [0.2, 0.25) is 5.02 Å². The van der Waals surface area contributed by atoms with Crippen molar-refractivity contribution < 1.29 is 4.74 Å². The number of hydrogen-bond donors (Lipinski definition) is 1. The molecule has 3 nitrogen and oxygen atoms in total. The van der Waals surface area contributed by atoms with Crippen molar-refractivity contribution in [3.8, 4) is 11.8 Å². The summed E-state index contributed by atoms with van der Waals surface area (Å²) in [6, 6.07) is 7.76. The van der Waals surface area contributed by atoms with E-state index in [9.17, 15) is 0 Å². The summed E-state index contributed by atoms with van der Waals surface area (Å²) in [5.74, 6) is 0.869. The molecular weight excluding hydrogens is 236 g/mol. The Morgan fingerprint density at radius 3 is 2.94 bits per heavy atom. The van der Waals surface area contributed by atoms with Crippen LogP contribution < -0.4 is 10.1 Å². The van der Waals surface area contributed by atoms with Crippen LogP contribution in [0, 0.1) is 11.3 Å². The van der Waals surface area contributed by atoms with Crippen LogP contribution in [0.15, 0.2) is 18.2 Å². The Morgan fingerprint density at radius 2 is 2.24 bits per heavy atom. The fourth-order valence-electron chi connectivity index (χ4n) is 1.58. The smallest absolute Gasteiger partial charge is 0.122 e. The summed E-state index contributed by atoms with van der Waals surface area (Å²) in [5.41, 5.74) is 1.10. The van der Waals surface area contributed by atoms with Crippen LogP contribution in [-0.4, -0.2) is 20.2 Å². The number of methoxy groups -OCH3 is 1. The molecule has 17 heavy (non-hydrogen) atoms. The normalized spacial score (nSPS) is 9.94. The van der Waals surface area contributed by atoms with Gasteiger partial charge < -0.3 is 10.1 Å². The summed E-state index contributed by atoms with van der Waals surface area (Å²) < 4.78 is 5.27. The average Bonchev–Trinajstić information content (AvgIpc) is 2.34. The van der Waals surface area contributed by atoms with Crippen molar-refractivity contribution >= 4 is 11.6 Å². The van der Waals surface area contributed by atoms with Gasteiger partial charge in [-0.1, -0.05) is 11.6 Å². The topological polar surface area (TPSA) is 45.0 Å². The van der Waals surface area contributed by atoms with Gasteiger partial charge in [-0.3, -0.25) is 0 Å². The Balaban J connectivity index is 2.35. The summed E-state index contributed by atoms with van der Waals surface area (Å²) >= 11 is 5.94. The molecule has 1 aromatic rings. The zero-order valence-corrected chi connectivity index (χ0v) is 10.8. The largest absolute Gasteiger partial charge is 0.496 e. The number of nitrogens with one attached hydrogen (secondary N) is 1. The molecule has 0 amide bonds. The molecule has 0 aliphatic rings. The highest BCUT2D eigenvalue weighted by Gasteiger charge is 2.03. The van der Waals surface area contributed by atoms with Crippen molar-refractivity contribution in [3.05, 3.63) is 28.8 Å². The van der Waals surface area contributed by atoms with Crippen LogP contribution in [0.1, 0.15) is 18.4 Å². The number of benzene rings is 1. The molecule has 1 N–H and O–H groups in total. The lowest BCUT2D eigenvalue weighted by molar-refractivity contribution is 0.409. The molecule has 0 unspecified atom stereocenters. The van der Waals surface area contributed by atoms with E-state index in [0.29, 0.717) is 6.42 Å². The summed E-state index contributed by atoms with van der Waals surface area (Å²) in [7, 11) is 1.66. The van der Waals surface area contributed by atoms with Gasteiger partial charge in [0.25, 0.3) is 0 Å². The number of nitriles is 1. The SMILES string of the molecule is COc1ccc(Cl)cc1CCNCCCC#N. The average molecular weight is 253 g/mol. The van der Waals surface area contributed by atoms with Gasteiger partial charge >= 0.3 is 0 Å². The second kappa shape index (κ2) is 7.94. The van der Waals surface area contributed by atoms with Crippen molar-refractivity contribution in [3.63, 3.8) is 0 Å². The molecule has 4 heteroatoms. The third-order valence-corrected chi connectivity index (χ3v) is 2.69. The van der Waals surface area contributed by atoms with Crippen LogP contribution in [0.4, 0.5) is 0 Å². The van der Waals surface area contributed by atoms with E-state index in [1.807, 2.05) is 18.2 Å². The Hall–Kier alpha value is -1.24. The van der Waals surface area contributed by atoms with Gasteiger partial charge in [0.05, 0.1) is 13.2 Å². The highest BCUT2D eigenvalue weighted by molar-refractivity contribution is 6.30. The van der Waals surface area contributed by atoms with Crippen LogP contribution in [0.5, 0.6) is 5.75 Å². The summed E-state index contributed by atoms with van der Waals surface area (Å²) in [6.45, 7) is 1.73. The molecule has 1 aromatic carbocycles. The number of ether oxygens (including phenoxy) is 1. The van der Waals surface area contributed by atoms with Gasteiger partial charge in [-0.15, -0.1) is 0 Å². The standard InChI is InChI=1S/C13H17ClN2O/c1-17-13-5-4-12(14)10-11(13)6-9-16-8-3-2-7-15/h4-5,10,16H,2-3,6,8-9H2,1H3. The maximum Gasteiger partial charge on any atom is 0.122 e. The third kappa shape index (κ3) is 5.08. The molecule has 0 bridgehead atoms. The number of rotatable bonds is 7. The molecule has 0 aliphatic carbocycles. The Morgan fingerprint density at radius 1 is 1.41 bits per heavy atom. The minimum Gasteiger partial charge on any atom is -0.496 e. The van der Waals surface area contributed by atoms with Gasteiger partial charge in [0, 0.05) is 11.4 Å². The van der Waals surface area contributed by atoms with Crippen LogP contribution in [0.3, 0.4) is 0 Å². The maximum atomic E-state index is 8.39. The lowest BCUT2D eigenvalue weighted by atomic mass is 10.1. The van der Waals surface area contributed by atoms with E-state index in [0.717, 1.165) is 42.3 Å². The van der Waals surface area contributed by atoms with Crippen LogP contribution in [0.25, 0.3) is 0 Å². The zero-order valence-electron chi connectivity index (χ0n) is 10.0. The van der Waals surface area contributed by atoms with Gasteiger partial charge in [-0.05, 0) is 49.7 Å². The summed E-state index contributed by atoms with van der Waals surface area (Å²) in [4.78, 5) is 0. The number of unbranched alkanes of at least 4 members (excludes halogenated alkanes) is 1. The van der Waals surface area contributed by atoms with Crippen LogP contribution >= 0.6 is 11.6 Å². The Labute approximate surface area is 107 Å². The quantitative estimate of drug-likeness (QED) is 0.759. The summed E-state index contributed by atoms with van der Waals surface area (Å²) in [6.07, 6.45) is 2.37.